The molecule has 0 unspecified atom stereocenters. The highest BCUT2D eigenvalue weighted by molar-refractivity contribution is 7.99. The van der Waals surface area contributed by atoms with Crippen molar-refractivity contribution in [3.63, 3.8) is 0 Å². The van der Waals surface area contributed by atoms with E-state index in [1.807, 2.05) is 12.1 Å². The normalized spacial score (nSPS) is 13.8. The van der Waals surface area contributed by atoms with Crippen LogP contribution in [0.3, 0.4) is 0 Å². The number of aliphatic hydroxyl groups excluding tert-OH is 1. The second kappa shape index (κ2) is 7.96. The summed E-state index contributed by atoms with van der Waals surface area (Å²) in [6.07, 6.45) is 0.697. The maximum absolute atomic E-state index is 12.2. The Balaban J connectivity index is 2.55. The second-order valence-corrected chi connectivity index (χ2v) is 6.90. The first kappa shape index (κ1) is 17.4. The molecule has 0 saturated heterocycles. The van der Waals surface area contributed by atoms with Crippen LogP contribution in [-0.2, 0) is 6.54 Å². The molecule has 0 aliphatic rings. The summed E-state index contributed by atoms with van der Waals surface area (Å²) >= 11 is 0.557. The molecule has 1 aromatic carbocycles. The molecule has 0 spiro atoms. The minimum Gasteiger partial charge on any atom is -0.396 e. The van der Waals surface area contributed by atoms with E-state index in [-0.39, 0.29) is 18.1 Å². The van der Waals surface area contributed by atoms with Crippen LogP contribution in [0.25, 0.3) is 0 Å². The van der Waals surface area contributed by atoms with E-state index in [1.165, 1.54) is 0 Å². The summed E-state index contributed by atoms with van der Waals surface area (Å²) in [7, 11) is 0. The van der Waals surface area contributed by atoms with Crippen LogP contribution >= 0.6 is 11.8 Å². The lowest BCUT2D eigenvalue weighted by atomic mass is 9.85. The Morgan fingerprint density at radius 1 is 1.20 bits per heavy atom. The third kappa shape index (κ3) is 6.20. The third-order valence-electron chi connectivity index (χ3n) is 3.16. The van der Waals surface area contributed by atoms with Gasteiger partial charge in [0.05, 0.1) is 0 Å². The van der Waals surface area contributed by atoms with Crippen LogP contribution < -0.4 is 5.32 Å². The molecule has 2 nitrogen and oxygen atoms in total. The van der Waals surface area contributed by atoms with Gasteiger partial charge in [-0.2, -0.15) is 8.78 Å². The molecule has 2 N–H and O–H groups in total. The Kier molecular flexibility index (Phi) is 6.92. The van der Waals surface area contributed by atoms with Gasteiger partial charge in [-0.1, -0.05) is 44.7 Å². The van der Waals surface area contributed by atoms with Gasteiger partial charge in [-0.3, -0.25) is 0 Å². The summed E-state index contributed by atoms with van der Waals surface area (Å²) in [5.74, 6) is -2.38. The molecule has 1 aromatic rings. The van der Waals surface area contributed by atoms with Crippen LogP contribution in [0, 0.1) is 5.41 Å². The largest absolute Gasteiger partial charge is 0.396 e. The van der Waals surface area contributed by atoms with Crippen molar-refractivity contribution in [1.82, 2.24) is 5.32 Å². The van der Waals surface area contributed by atoms with E-state index in [0.29, 0.717) is 29.6 Å². The monoisotopic (exact) mass is 303 g/mol. The molecule has 0 saturated carbocycles. The fraction of sp³-hybridized carbons (Fsp3) is 0.600. The zero-order chi connectivity index (χ0) is 15.2. The van der Waals surface area contributed by atoms with Gasteiger partial charge in [0.25, 0.3) is 5.76 Å². The van der Waals surface area contributed by atoms with Gasteiger partial charge in [0.15, 0.2) is 0 Å². The molecule has 0 amide bonds. The summed E-state index contributed by atoms with van der Waals surface area (Å²) in [6, 6.07) is 7.35. The van der Waals surface area contributed by atoms with Gasteiger partial charge in [-0.05, 0) is 29.5 Å². The van der Waals surface area contributed by atoms with Crippen LogP contribution in [0.2, 0.25) is 0 Å². The van der Waals surface area contributed by atoms with E-state index < -0.39 is 5.76 Å². The minimum atomic E-state index is -2.38. The first-order chi connectivity index (χ1) is 9.32. The number of benzene rings is 1. The van der Waals surface area contributed by atoms with Gasteiger partial charge >= 0.3 is 0 Å². The molecule has 0 bridgehead atoms. The Morgan fingerprint density at radius 2 is 1.80 bits per heavy atom. The highest BCUT2D eigenvalue weighted by Gasteiger charge is 2.23. The van der Waals surface area contributed by atoms with Crippen LogP contribution in [0.4, 0.5) is 8.78 Å². The molecule has 0 aliphatic carbocycles. The summed E-state index contributed by atoms with van der Waals surface area (Å²) in [4.78, 5) is 0.575. The number of hydrogen-bond donors (Lipinski definition) is 2. The SMILES string of the molecule is CC(C)(C)[C@H](CCO)NCc1ccc(SC(F)F)cc1. The topological polar surface area (TPSA) is 32.3 Å². The average molecular weight is 303 g/mol. The Morgan fingerprint density at radius 3 is 2.25 bits per heavy atom. The Hall–Kier alpha value is -0.650. The quantitative estimate of drug-likeness (QED) is 0.750. The van der Waals surface area contributed by atoms with Crippen molar-refractivity contribution in [2.75, 3.05) is 6.61 Å². The summed E-state index contributed by atoms with van der Waals surface area (Å²) < 4.78 is 24.4. The predicted molar refractivity (Wildman–Crippen MR) is 80.1 cm³/mol. The van der Waals surface area contributed by atoms with E-state index in [4.69, 9.17) is 5.11 Å². The summed E-state index contributed by atoms with van der Waals surface area (Å²) in [6.45, 7) is 7.20. The maximum atomic E-state index is 12.2. The second-order valence-electron chi connectivity index (χ2n) is 5.83. The Labute approximate surface area is 124 Å². The standard InChI is InChI=1S/C15H23F2NOS/c1-15(2,3)13(8-9-19)18-10-11-4-6-12(7-5-11)20-14(16)17/h4-7,13-14,18-19H,8-10H2,1-3H3/t13-/m0/s1. The summed E-state index contributed by atoms with van der Waals surface area (Å²) in [5, 5.41) is 12.5. The lowest BCUT2D eigenvalue weighted by Crippen LogP contribution is -2.40. The van der Waals surface area contributed by atoms with Crippen molar-refractivity contribution < 1.29 is 13.9 Å². The first-order valence-electron chi connectivity index (χ1n) is 6.71. The van der Waals surface area contributed by atoms with Crippen molar-refractivity contribution in [1.29, 1.82) is 0 Å². The lowest BCUT2D eigenvalue weighted by molar-refractivity contribution is 0.196. The van der Waals surface area contributed by atoms with Gasteiger partial charge in [0.2, 0.25) is 0 Å². The van der Waals surface area contributed by atoms with E-state index in [2.05, 4.69) is 26.1 Å². The van der Waals surface area contributed by atoms with E-state index in [1.54, 1.807) is 12.1 Å². The molecular formula is C15H23F2NOS. The number of nitrogens with one attached hydrogen (secondary N) is 1. The van der Waals surface area contributed by atoms with Crippen molar-refractivity contribution >= 4 is 11.8 Å². The molecule has 114 valence electrons. The average Bonchev–Trinajstić information content (AvgIpc) is 2.34. The highest BCUT2D eigenvalue weighted by atomic mass is 32.2. The van der Waals surface area contributed by atoms with Crippen LogP contribution in [0.15, 0.2) is 29.2 Å². The molecule has 1 rings (SSSR count). The molecule has 1 atom stereocenters. The maximum Gasteiger partial charge on any atom is 0.288 e. The molecule has 20 heavy (non-hydrogen) atoms. The molecule has 0 heterocycles. The Bertz CT molecular complexity index is 390. The molecular weight excluding hydrogens is 280 g/mol. The number of aliphatic hydroxyl groups is 1. The van der Waals surface area contributed by atoms with Gasteiger partial charge in [-0.25, -0.2) is 0 Å². The molecule has 0 aliphatic heterocycles. The first-order valence-corrected chi connectivity index (χ1v) is 7.59. The van der Waals surface area contributed by atoms with Crippen LogP contribution in [0.5, 0.6) is 0 Å². The summed E-state index contributed by atoms with van der Waals surface area (Å²) in [5.41, 5.74) is 1.12. The number of hydrogen-bond acceptors (Lipinski definition) is 3. The van der Waals surface area contributed by atoms with Crippen molar-refractivity contribution in [2.45, 2.75) is 50.4 Å². The molecule has 0 fully saturated rings. The highest BCUT2D eigenvalue weighted by Crippen LogP contribution is 2.25. The molecule has 0 radical (unpaired) electrons. The fourth-order valence-electron chi connectivity index (χ4n) is 2.00. The van der Waals surface area contributed by atoms with Crippen molar-refractivity contribution in [3.05, 3.63) is 29.8 Å². The zero-order valence-electron chi connectivity index (χ0n) is 12.2. The number of halogens is 2. The van der Waals surface area contributed by atoms with Gasteiger partial charge < -0.3 is 10.4 Å². The van der Waals surface area contributed by atoms with Gasteiger partial charge in [0, 0.05) is 24.1 Å². The predicted octanol–water partition coefficient (Wildman–Crippen LogP) is 3.89. The van der Waals surface area contributed by atoms with Gasteiger partial charge in [0.1, 0.15) is 0 Å². The van der Waals surface area contributed by atoms with E-state index in [9.17, 15) is 8.78 Å². The van der Waals surface area contributed by atoms with Crippen molar-refractivity contribution in [2.24, 2.45) is 5.41 Å². The van der Waals surface area contributed by atoms with E-state index in [0.717, 1.165) is 5.56 Å². The number of rotatable bonds is 7. The van der Waals surface area contributed by atoms with E-state index >= 15 is 0 Å². The lowest BCUT2D eigenvalue weighted by Gasteiger charge is -2.31. The zero-order valence-corrected chi connectivity index (χ0v) is 13.0. The third-order valence-corrected chi connectivity index (χ3v) is 3.89. The van der Waals surface area contributed by atoms with Crippen LogP contribution in [-0.4, -0.2) is 23.5 Å². The molecule has 0 aromatic heterocycles. The smallest absolute Gasteiger partial charge is 0.288 e. The minimum absolute atomic E-state index is 0.0637. The van der Waals surface area contributed by atoms with Gasteiger partial charge in [-0.15, -0.1) is 0 Å². The van der Waals surface area contributed by atoms with Crippen LogP contribution in [0.1, 0.15) is 32.8 Å². The molecule has 5 heteroatoms. The van der Waals surface area contributed by atoms with Crippen molar-refractivity contribution in [3.8, 4) is 0 Å². The number of alkyl halides is 2. The number of thioether (sulfide) groups is 1. The fourth-order valence-corrected chi connectivity index (χ4v) is 2.50.